The van der Waals surface area contributed by atoms with Gasteiger partial charge < -0.3 is 34.8 Å². The number of aliphatic hydroxyl groups excluding tert-OH is 1. The highest BCUT2D eigenvalue weighted by molar-refractivity contribution is 6.03. The molecule has 3 N–H and O–H groups in total. The summed E-state index contributed by atoms with van der Waals surface area (Å²) in [6.07, 6.45) is -1.27. The molecule has 3 aromatic rings. The molecule has 12 nitrogen and oxygen atoms in total. The standard InChI is InChI=1S/C30H34N4O8/c1-18(33(3)30(39)40)27(36)31-23-17-42-26-8-6-5-7-24(26)34(29(23)38)16-22-21-11-9-20(28(37)32(2)13-14-35)15-19(21)10-12-25(22)41-4/h5-12,15,18,23,35H,13-14,16-17H2,1-4H3,(H,31,36)(H,39,40)/t18-,23-/m0/s1. The second-order valence-electron chi connectivity index (χ2n) is 9.97. The molecule has 42 heavy (non-hydrogen) atoms. The van der Waals surface area contributed by atoms with Crippen molar-refractivity contribution in [3.8, 4) is 11.5 Å². The number of anilines is 1. The molecule has 0 saturated heterocycles. The maximum atomic E-state index is 14.0. The Labute approximate surface area is 243 Å². The first-order valence-corrected chi connectivity index (χ1v) is 13.3. The minimum Gasteiger partial charge on any atom is -0.496 e. The predicted molar refractivity (Wildman–Crippen MR) is 155 cm³/mol. The number of carboxylic acid groups (broad SMARTS) is 1. The molecule has 1 heterocycles. The van der Waals surface area contributed by atoms with Crippen LogP contribution in [0.5, 0.6) is 11.5 Å². The zero-order valence-corrected chi connectivity index (χ0v) is 23.9. The predicted octanol–water partition coefficient (Wildman–Crippen LogP) is 2.32. The Morgan fingerprint density at radius 3 is 2.57 bits per heavy atom. The summed E-state index contributed by atoms with van der Waals surface area (Å²) >= 11 is 0. The molecule has 0 radical (unpaired) electrons. The molecule has 3 aromatic carbocycles. The van der Waals surface area contributed by atoms with E-state index in [9.17, 15) is 29.4 Å². The monoisotopic (exact) mass is 578 g/mol. The van der Waals surface area contributed by atoms with Crippen molar-refractivity contribution in [2.24, 2.45) is 0 Å². The molecule has 0 saturated carbocycles. The van der Waals surface area contributed by atoms with Crippen molar-refractivity contribution in [1.29, 1.82) is 0 Å². The zero-order valence-electron chi connectivity index (χ0n) is 23.9. The molecule has 2 atom stereocenters. The van der Waals surface area contributed by atoms with E-state index < -0.39 is 30.0 Å². The SMILES string of the molecule is COc1ccc2cc(C(=O)N(C)CCO)ccc2c1CN1C(=O)[C@@H](NC(=O)[C@H](C)N(C)C(=O)O)COc2ccccc21. The summed E-state index contributed by atoms with van der Waals surface area (Å²) in [5.41, 5.74) is 1.61. The van der Waals surface area contributed by atoms with Crippen LogP contribution >= 0.6 is 0 Å². The van der Waals surface area contributed by atoms with Crippen molar-refractivity contribution in [2.45, 2.75) is 25.6 Å². The third-order valence-electron chi connectivity index (χ3n) is 7.36. The lowest BCUT2D eigenvalue weighted by atomic mass is 9.99. The molecule has 0 fully saturated rings. The van der Waals surface area contributed by atoms with E-state index in [1.54, 1.807) is 55.6 Å². The first kappa shape index (κ1) is 30.1. The van der Waals surface area contributed by atoms with E-state index in [4.69, 9.17) is 9.47 Å². The van der Waals surface area contributed by atoms with Gasteiger partial charge in [-0.3, -0.25) is 19.3 Å². The van der Waals surface area contributed by atoms with Crippen LogP contribution in [-0.4, -0.2) is 96.9 Å². The molecule has 0 aliphatic carbocycles. The number of nitrogens with one attached hydrogen (secondary N) is 1. The quantitative estimate of drug-likeness (QED) is 0.350. The number of carbonyl (C=O) groups is 4. The lowest BCUT2D eigenvalue weighted by molar-refractivity contribution is -0.130. The third-order valence-corrected chi connectivity index (χ3v) is 7.36. The molecular weight excluding hydrogens is 544 g/mol. The summed E-state index contributed by atoms with van der Waals surface area (Å²) in [4.78, 5) is 54.8. The van der Waals surface area contributed by atoms with Crippen molar-refractivity contribution in [1.82, 2.24) is 15.1 Å². The van der Waals surface area contributed by atoms with Gasteiger partial charge in [0.2, 0.25) is 5.91 Å². The van der Waals surface area contributed by atoms with Crippen molar-refractivity contribution in [2.75, 3.05) is 45.9 Å². The van der Waals surface area contributed by atoms with E-state index in [1.165, 1.54) is 30.9 Å². The summed E-state index contributed by atoms with van der Waals surface area (Å²) in [7, 11) is 4.41. The van der Waals surface area contributed by atoms with Gasteiger partial charge in [0.05, 0.1) is 25.9 Å². The average Bonchev–Trinajstić information content (AvgIpc) is 3.12. The molecular formula is C30H34N4O8. The van der Waals surface area contributed by atoms with Gasteiger partial charge in [0, 0.05) is 31.8 Å². The Hall–Kier alpha value is -4.84. The topological polar surface area (TPSA) is 149 Å². The molecule has 12 heteroatoms. The number of ether oxygens (including phenoxy) is 2. The maximum absolute atomic E-state index is 14.0. The van der Waals surface area contributed by atoms with Crippen molar-refractivity contribution in [3.63, 3.8) is 0 Å². The van der Waals surface area contributed by atoms with Crippen LogP contribution in [0, 0.1) is 0 Å². The molecule has 4 rings (SSSR count). The second-order valence-corrected chi connectivity index (χ2v) is 9.97. The van der Waals surface area contributed by atoms with Gasteiger partial charge in [-0.25, -0.2) is 4.79 Å². The normalized spacial score (nSPS) is 15.2. The second kappa shape index (κ2) is 12.8. The van der Waals surface area contributed by atoms with Gasteiger partial charge in [0.25, 0.3) is 11.8 Å². The Kier molecular flexibility index (Phi) is 9.16. The minimum absolute atomic E-state index is 0.0500. The molecule has 0 unspecified atom stereocenters. The fourth-order valence-corrected chi connectivity index (χ4v) is 4.75. The molecule has 222 valence electrons. The van der Waals surface area contributed by atoms with Crippen LogP contribution in [0.25, 0.3) is 10.8 Å². The highest BCUT2D eigenvalue weighted by atomic mass is 16.5. The Bertz CT molecular complexity index is 1510. The van der Waals surface area contributed by atoms with E-state index in [0.29, 0.717) is 28.3 Å². The zero-order chi connectivity index (χ0) is 30.6. The van der Waals surface area contributed by atoms with Crippen LogP contribution in [0.15, 0.2) is 54.6 Å². The van der Waals surface area contributed by atoms with Crippen LogP contribution in [0.2, 0.25) is 0 Å². The third kappa shape index (κ3) is 6.08. The summed E-state index contributed by atoms with van der Waals surface area (Å²) in [5.74, 6) is -0.365. The van der Waals surface area contributed by atoms with E-state index >= 15 is 0 Å². The molecule has 4 amide bonds. The highest BCUT2D eigenvalue weighted by Gasteiger charge is 2.35. The number of fused-ring (bicyclic) bond motifs is 2. The first-order valence-electron chi connectivity index (χ1n) is 13.3. The van der Waals surface area contributed by atoms with Gasteiger partial charge >= 0.3 is 6.09 Å². The number of carbonyl (C=O) groups excluding carboxylic acids is 3. The summed E-state index contributed by atoms with van der Waals surface area (Å²) in [6.45, 7) is 1.38. The molecule has 0 bridgehead atoms. The van der Waals surface area contributed by atoms with Crippen molar-refractivity contribution < 1.29 is 38.9 Å². The van der Waals surface area contributed by atoms with E-state index in [2.05, 4.69) is 5.32 Å². The van der Waals surface area contributed by atoms with Gasteiger partial charge in [0.1, 0.15) is 30.2 Å². The number of nitrogens with zero attached hydrogens (tertiary/aromatic N) is 3. The average molecular weight is 579 g/mol. The summed E-state index contributed by atoms with van der Waals surface area (Å²) in [5, 5.41) is 22.6. The van der Waals surface area contributed by atoms with Gasteiger partial charge in [0.15, 0.2) is 0 Å². The number of rotatable bonds is 9. The van der Waals surface area contributed by atoms with Crippen LogP contribution in [-0.2, 0) is 16.1 Å². The fourth-order valence-electron chi connectivity index (χ4n) is 4.75. The molecule has 0 spiro atoms. The number of aliphatic hydroxyl groups is 1. The number of benzene rings is 3. The summed E-state index contributed by atoms with van der Waals surface area (Å²) < 4.78 is 11.6. The van der Waals surface area contributed by atoms with Crippen molar-refractivity contribution >= 4 is 40.3 Å². The van der Waals surface area contributed by atoms with E-state index in [1.807, 2.05) is 6.07 Å². The number of hydrogen-bond donors (Lipinski definition) is 3. The van der Waals surface area contributed by atoms with Crippen LogP contribution < -0.4 is 19.7 Å². The van der Waals surface area contributed by atoms with Gasteiger partial charge in [-0.15, -0.1) is 0 Å². The van der Waals surface area contributed by atoms with E-state index in [-0.39, 0.29) is 32.2 Å². The first-order chi connectivity index (χ1) is 20.1. The molecule has 1 aliphatic rings. The lowest BCUT2D eigenvalue weighted by Gasteiger charge is -2.28. The van der Waals surface area contributed by atoms with Crippen LogP contribution in [0.3, 0.4) is 0 Å². The Morgan fingerprint density at radius 1 is 1.14 bits per heavy atom. The number of para-hydroxylation sites is 2. The smallest absolute Gasteiger partial charge is 0.407 e. The van der Waals surface area contributed by atoms with Gasteiger partial charge in [-0.1, -0.05) is 24.3 Å². The van der Waals surface area contributed by atoms with Gasteiger partial charge in [-0.05, 0) is 48.0 Å². The van der Waals surface area contributed by atoms with Gasteiger partial charge in [-0.2, -0.15) is 0 Å². The minimum atomic E-state index is -1.27. The number of amides is 4. The number of hydrogen-bond acceptors (Lipinski definition) is 7. The van der Waals surface area contributed by atoms with Crippen LogP contribution in [0.1, 0.15) is 22.8 Å². The number of likely N-dealkylation sites (N-methyl/N-ethyl adjacent to an activating group) is 2. The van der Waals surface area contributed by atoms with Crippen LogP contribution in [0.4, 0.5) is 10.5 Å². The largest absolute Gasteiger partial charge is 0.496 e. The van der Waals surface area contributed by atoms with E-state index in [0.717, 1.165) is 15.7 Å². The maximum Gasteiger partial charge on any atom is 0.407 e. The lowest BCUT2D eigenvalue weighted by Crippen LogP contribution is -2.55. The van der Waals surface area contributed by atoms with Crippen molar-refractivity contribution in [3.05, 3.63) is 65.7 Å². The molecule has 0 aromatic heterocycles. The molecule has 1 aliphatic heterocycles. The fraction of sp³-hybridized carbons (Fsp3) is 0.333. The summed E-state index contributed by atoms with van der Waals surface area (Å²) in [6, 6.07) is 13.7. The number of methoxy groups -OCH3 is 1. The Balaban J connectivity index is 1.72. The Morgan fingerprint density at radius 2 is 1.88 bits per heavy atom. The highest BCUT2D eigenvalue weighted by Crippen LogP contribution is 2.36.